The summed E-state index contributed by atoms with van der Waals surface area (Å²) in [6.07, 6.45) is 6.55. The molecular formula is C26H33N3. The van der Waals surface area contributed by atoms with Crippen molar-refractivity contribution < 1.29 is 0 Å². The minimum absolute atomic E-state index is 0.160. The number of hydrogen-bond donors (Lipinski definition) is 0. The molecule has 3 aliphatic heterocycles. The van der Waals surface area contributed by atoms with E-state index in [4.69, 9.17) is 4.99 Å². The highest BCUT2D eigenvalue weighted by atomic mass is 15.3. The molecule has 0 atom stereocenters. The van der Waals surface area contributed by atoms with Gasteiger partial charge in [-0.2, -0.15) is 0 Å². The summed E-state index contributed by atoms with van der Waals surface area (Å²) < 4.78 is 0. The summed E-state index contributed by atoms with van der Waals surface area (Å²) in [6, 6.07) is 7.09. The van der Waals surface area contributed by atoms with Gasteiger partial charge in [-0.3, -0.25) is 4.90 Å². The van der Waals surface area contributed by atoms with Gasteiger partial charge in [0.05, 0.1) is 22.5 Å². The van der Waals surface area contributed by atoms with Gasteiger partial charge in [0.1, 0.15) is 5.84 Å². The van der Waals surface area contributed by atoms with Gasteiger partial charge in [-0.1, -0.05) is 31.4 Å². The summed E-state index contributed by atoms with van der Waals surface area (Å²) in [5.74, 6) is 1.69. The third kappa shape index (κ3) is 3.03. The van der Waals surface area contributed by atoms with Crippen LogP contribution < -0.4 is 4.90 Å². The number of benzene rings is 1. The molecule has 29 heavy (non-hydrogen) atoms. The van der Waals surface area contributed by atoms with Crippen LogP contribution in [0.25, 0.3) is 0 Å². The molecule has 1 aromatic rings. The van der Waals surface area contributed by atoms with E-state index in [-0.39, 0.29) is 5.41 Å². The van der Waals surface area contributed by atoms with E-state index >= 15 is 0 Å². The Hall–Kier alpha value is -2.39. The molecule has 3 nitrogen and oxygen atoms in total. The molecule has 3 aliphatic rings. The maximum atomic E-state index is 5.01. The zero-order valence-electron chi connectivity index (χ0n) is 18.5. The fourth-order valence-electron chi connectivity index (χ4n) is 5.02. The Balaban J connectivity index is 1.86. The van der Waals surface area contributed by atoms with Gasteiger partial charge in [-0.15, -0.1) is 0 Å². The first-order valence-corrected chi connectivity index (χ1v) is 10.7. The van der Waals surface area contributed by atoms with Crippen molar-refractivity contribution in [2.24, 2.45) is 4.99 Å². The van der Waals surface area contributed by atoms with Crippen LogP contribution in [-0.2, 0) is 5.41 Å². The van der Waals surface area contributed by atoms with Crippen molar-refractivity contribution in [2.45, 2.75) is 51.9 Å². The average molecular weight is 388 g/mol. The molecule has 152 valence electrons. The number of piperidine rings is 1. The predicted molar refractivity (Wildman–Crippen MR) is 125 cm³/mol. The Morgan fingerprint density at radius 1 is 1.24 bits per heavy atom. The van der Waals surface area contributed by atoms with Gasteiger partial charge in [-0.25, -0.2) is 4.99 Å². The molecule has 3 heterocycles. The van der Waals surface area contributed by atoms with Crippen LogP contribution in [0.2, 0.25) is 0 Å². The number of nitrogens with zero attached hydrogens (tertiary/aromatic N) is 3. The second-order valence-electron chi connectivity index (χ2n) is 9.13. The number of hydrogen-bond acceptors (Lipinski definition) is 3. The largest absolute Gasteiger partial charge is 0.306 e. The molecule has 3 heteroatoms. The van der Waals surface area contributed by atoms with Crippen molar-refractivity contribution in [3.8, 4) is 0 Å². The molecule has 4 rings (SSSR count). The van der Waals surface area contributed by atoms with Crippen molar-refractivity contribution in [2.75, 3.05) is 25.0 Å². The smallest absolute Gasteiger partial charge is 0.124 e. The second kappa shape index (κ2) is 7.14. The SMILES string of the molecule is C=CC1=C(/C(C)=C\C)C(=C)N=C2N1c1cc(C3CCN(C)CC3)ccc1C2(C)C. The molecule has 0 radical (unpaired) electrons. The van der Waals surface area contributed by atoms with E-state index in [1.807, 2.05) is 6.08 Å². The summed E-state index contributed by atoms with van der Waals surface area (Å²) in [4.78, 5) is 9.77. The first-order chi connectivity index (χ1) is 13.8. The fraction of sp³-hybridized carbons (Fsp3) is 0.423. The zero-order valence-corrected chi connectivity index (χ0v) is 18.5. The standard InChI is InChI=1S/C26H33N3/c1-8-17(3)24-18(4)27-25-26(5,6)21-11-10-20(19-12-14-28(7)15-13-19)16-23(21)29(25)22(24)9-2/h8-11,16,19H,2,4,12-15H2,1,3,5-7H3/b17-8-. The van der Waals surface area contributed by atoms with E-state index in [1.165, 1.54) is 48.3 Å². The zero-order chi connectivity index (χ0) is 20.9. The lowest BCUT2D eigenvalue weighted by Crippen LogP contribution is -2.38. The fourth-order valence-corrected chi connectivity index (χ4v) is 5.02. The van der Waals surface area contributed by atoms with Crippen LogP contribution in [0.3, 0.4) is 0 Å². The van der Waals surface area contributed by atoms with Crippen molar-refractivity contribution >= 4 is 11.5 Å². The van der Waals surface area contributed by atoms with E-state index in [0.717, 1.165) is 22.8 Å². The number of rotatable bonds is 3. The lowest BCUT2D eigenvalue weighted by Gasteiger charge is -2.33. The molecule has 0 N–H and O–H groups in total. The summed E-state index contributed by atoms with van der Waals surface area (Å²) in [5.41, 5.74) is 8.10. The van der Waals surface area contributed by atoms with Gasteiger partial charge >= 0.3 is 0 Å². The molecule has 1 aromatic carbocycles. The lowest BCUT2D eigenvalue weighted by atomic mass is 9.83. The van der Waals surface area contributed by atoms with Crippen LogP contribution in [0.4, 0.5) is 5.69 Å². The quantitative estimate of drug-likeness (QED) is 0.640. The van der Waals surface area contributed by atoms with Crippen molar-refractivity contribution in [1.29, 1.82) is 0 Å². The summed E-state index contributed by atoms with van der Waals surface area (Å²) in [5, 5.41) is 0. The van der Waals surface area contributed by atoms with Crippen LogP contribution in [0.5, 0.6) is 0 Å². The first kappa shape index (κ1) is 19.9. The highest BCUT2D eigenvalue weighted by Gasteiger charge is 2.45. The van der Waals surface area contributed by atoms with Crippen molar-refractivity contribution in [3.05, 3.63) is 77.2 Å². The van der Waals surface area contributed by atoms with Gasteiger partial charge in [0.15, 0.2) is 0 Å². The van der Waals surface area contributed by atoms with E-state index in [0.29, 0.717) is 5.92 Å². The van der Waals surface area contributed by atoms with Gasteiger partial charge in [0.25, 0.3) is 0 Å². The Kier molecular flexibility index (Phi) is 4.90. The van der Waals surface area contributed by atoms with Gasteiger partial charge < -0.3 is 4.90 Å². The normalized spacial score (nSPS) is 22.5. The Labute approximate surface area is 175 Å². The van der Waals surface area contributed by atoms with Crippen LogP contribution in [0.15, 0.2) is 71.0 Å². The van der Waals surface area contributed by atoms with Crippen LogP contribution >= 0.6 is 0 Å². The number of fused-ring (bicyclic) bond motifs is 3. The topological polar surface area (TPSA) is 18.8 Å². The third-order valence-corrected chi connectivity index (χ3v) is 6.94. The molecule has 0 aliphatic carbocycles. The third-order valence-electron chi connectivity index (χ3n) is 6.94. The van der Waals surface area contributed by atoms with Gasteiger partial charge in [0.2, 0.25) is 0 Å². The Bertz CT molecular complexity index is 966. The lowest BCUT2D eigenvalue weighted by molar-refractivity contribution is 0.255. The summed E-state index contributed by atoms with van der Waals surface area (Å²) in [7, 11) is 2.22. The van der Waals surface area contributed by atoms with Gasteiger partial charge in [-0.05, 0) is 95.4 Å². The average Bonchev–Trinajstić information content (AvgIpc) is 2.93. The van der Waals surface area contributed by atoms with Crippen LogP contribution in [0, 0.1) is 0 Å². The van der Waals surface area contributed by atoms with Crippen molar-refractivity contribution in [3.63, 3.8) is 0 Å². The van der Waals surface area contributed by atoms with Crippen molar-refractivity contribution in [1.82, 2.24) is 4.90 Å². The molecule has 1 saturated heterocycles. The maximum absolute atomic E-state index is 5.01. The summed E-state index contributed by atoms with van der Waals surface area (Å²) in [6.45, 7) is 19.5. The monoisotopic (exact) mass is 387 g/mol. The minimum Gasteiger partial charge on any atom is -0.306 e. The number of anilines is 1. The van der Waals surface area contributed by atoms with E-state index in [2.05, 4.69) is 82.0 Å². The van der Waals surface area contributed by atoms with E-state index in [9.17, 15) is 0 Å². The number of aliphatic imine (C=N–C) groups is 1. The molecule has 0 saturated carbocycles. The molecule has 0 unspecified atom stereocenters. The molecule has 0 aromatic heterocycles. The highest BCUT2D eigenvalue weighted by molar-refractivity contribution is 6.15. The predicted octanol–water partition coefficient (Wildman–Crippen LogP) is 5.93. The molecular weight excluding hydrogens is 354 g/mol. The summed E-state index contributed by atoms with van der Waals surface area (Å²) >= 11 is 0. The Morgan fingerprint density at radius 3 is 2.55 bits per heavy atom. The second-order valence-corrected chi connectivity index (χ2v) is 9.13. The number of amidine groups is 1. The molecule has 0 amide bonds. The van der Waals surface area contributed by atoms with Crippen LogP contribution in [-0.4, -0.2) is 30.9 Å². The first-order valence-electron chi connectivity index (χ1n) is 10.7. The minimum atomic E-state index is -0.160. The highest BCUT2D eigenvalue weighted by Crippen LogP contribution is 2.49. The van der Waals surface area contributed by atoms with Gasteiger partial charge in [0, 0.05) is 5.57 Å². The molecule has 0 spiro atoms. The maximum Gasteiger partial charge on any atom is 0.124 e. The number of likely N-dealkylation sites (tertiary alicyclic amines) is 1. The van der Waals surface area contributed by atoms with Crippen LogP contribution in [0.1, 0.15) is 57.6 Å². The van der Waals surface area contributed by atoms with E-state index in [1.54, 1.807) is 0 Å². The number of allylic oxidation sites excluding steroid dienone is 3. The Morgan fingerprint density at radius 2 is 1.93 bits per heavy atom. The molecule has 1 fully saturated rings. The van der Waals surface area contributed by atoms with E-state index < -0.39 is 0 Å². The molecule has 0 bridgehead atoms.